The van der Waals surface area contributed by atoms with E-state index in [1.54, 1.807) is 36.4 Å². The Balaban J connectivity index is 2.26. The third-order valence-electron chi connectivity index (χ3n) is 4.67. The normalized spacial score (nSPS) is 11.9. The largest absolute Gasteiger partial charge is 0.483 e. The first kappa shape index (κ1) is 26.8. The number of halogens is 4. The summed E-state index contributed by atoms with van der Waals surface area (Å²) in [5.41, 5.74) is 0.687. The van der Waals surface area contributed by atoms with Gasteiger partial charge in [0.1, 0.15) is 11.8 Å². The Morgan fingerprint density at radius 3 is 2.34 bits per heavy atom. The molecule has 0 fully saturated rings. The maximum absolute atomic E-state index is 13.2. The number of nitrogens with one attached hydrogen (secondary N) is 1. The highest BCUT2D eigenvalue weighted by atomic mass is 79.9. The van der Waals surface area contributed by atoms with Gasteiger partial charge in [-0.25, -0.2) is 0 Å². The lowest BCUT2D eigenvalue weighted by Crippen LogP contribution is -2.50. The second kappa shape index (κ2) is 12.7. The van der Waals surface area contributed by atoms with E-state index in [9.17, 15) is 9.59 Å². The second-order valence-electron chi connectivity index (χ2n) is 7.68. The van der Waals surface area contributed by atoms with Gasteiger partial charge in [0, 0.05) is 28.2 Å². The van der Waals surface area contributed by atoms with Gasteiger partial charge in [-0.05, 0) is 64.2 Å². The van der Waals surface area contributed by atoms with Crippen molar-refractivity contribution in [3.05, 3.63) is 61.5 Å². The van der Waals surface area contributed by atoms with Gasteiger partial charge in [-0.1, -0.05) is 61.6 Å². The van der Waals surface area contributed by atoms with Gasteiger partial charge in [-0.3, -0.25) is 9.59 Å². The number of ether oxygens (including phenoxy) is 1. The smallest absolute Gasteiger partial charge is 0.261 e. The summed E-state index contributed by atoms with van der Waals surface area (Å²) in [7, 11) is 0. The van der Waals surface area contributed by atoms with Crippen LogP contribution >= 0.6 is 50.7 Å². The van der Waals surface area contributed by atoms with Crippen LogP contribution in [-0.4, -0.2) is 35.9 Å². The predicted molar refractivity (Wildman–Crippen MR) is 134 cm³/mol. The molecule has 0 unspecified atom stereocenters. The van der Waals surface area contributed by atoms with E-state index in [2.05, 4.69) is 21.2 Å². The minimum atomic E-state index is -0.676. The number of hydrogen-bond acceptors (Lipinski definition) is 3. The van der Waals surface area contributed by atoms with Gasteiger partial charge in [-0.15, -0.1) is 0 Å². The molecule has 0 saturated heterocycles. The van der Waals surface area contributed by atoms with Gasteiger partial charge in [0.15, 0.2) is 6.61 Å². The van der Waals surface area contributed by atoms with E-state index in [0.29, 0.717) is 43.8 Å². The van der Waals surface area contributed by atoms with E-state index in [0.717, 1.165) is 0 Å². The Hall–Kier alpha value is -1.47. The van der Waals surface area contributed by atoms with E-state index in [1.807, 2.05) is 20.8 Å². The zero-order valence-corrected chi connectivity index (χ0v) is 22.0. The molecule has 0 aliphatic heterocycles. The van der Waals surface area contributed by atoms with E-state index in [1.165, 1.54) is 4.90 Å². The molecular formula is C23H26BrCl3N2O3. The maximum Gasteiger partial charge on any atom is 0.261 e. The first-order valence-electron chi connectivity index (χ1n) is 10.2. The number of carbonyl (C=O) groups excluding carboxylic acids is 2. The standard InChI is InChI=1S/C23H26BrCl3N2O3/c1-4-20(23(31)28-11-14(2)3)29(12-15-5-6-17(26)10-19(15)27)22(30)13-32-21-8-7-16(25)9-18(21)24/h5-10,14,20H,4,11-13H2,1-3H3,(H,28,31)/t20-/m0/s1. The summed E-state index contributed by atoms with van der Waals surface area (Å²) in [6.07, 6.45) is 0.436. The third kappa shape index (κ3) is 7.84. The van der Waals surface area contributed by atoms with E-state index >= 15 is 0 Å². The molecule has 2 aromatic carbocycles. The SMILES string of the molecule is CC[C@@H](C(=O)NCC(C)C)N(Cc1ccc(Cl)cc1Cl)C(=O)COc1ccc(Cl)cc1Br. The van der Waals surface area contributed by atoms with Gasteiger partial charge in [0.25, 0.3) is 5.91 Å². The molecule has 9 heteroatoms. The number of rotatable bonds is 10. The molecule has 0 aliphatic carbocycles. The first-order chi connectivity index (χ1) is 15.1. The molecule has 0 saturated carbocycles. The molecule has 1 N–H and O–H groups in total. The van der Waals surface area contributed by atoms with Crippen LogP contribution in [0.25, 0.3) is 0 Å². The predicted octanol–water partition coefficient (Wildman–Crippen LogP) is 6.37. The van der Waals surface area contributed by atoms with Crippen molar-refractivity contribution in [3.8, 4) is 5.75 Å². The lowest BCUT2D eigenvalue weighted by molar-refractivity contribution is -0.143. The summed E-state index contributed by atoms with van der Waals surface area (Å²) in [6.45, 7) is 6.30. The second-order valence-corrected chi connectivity index (χ2v) is 9.82. The number of carbonyl (C=O) groups is 2. The van der Waals surface area contributed by atoms with Gasteiger partial charge < -0.3 is 15.0 Å². The van der Waals surface area contributed by atoms with Crippen LogP contribution in [0.5, 0.6) is 5.75 Å². The van der Waals surface area contributed by atoms with E-state index < -0.39 is 6.04 Å². The molecule has 2 rings (SSSR count). The summed E-state index contributed by atoms with van der Waals surface area (Å²) in [4.78, 5) is 27.6. The van der Waals surface area contributed by atoms with Crippen LogP contribution in [0.2, 0.25) is 15.1 Å². The van der Waals surface area contributed by atoms with Crippen molar-refractivity contribution in [2.75, 3.05) is 13.2 Å². The maximum atomic E-state index is 13.2. The molecule has 0 heterocycles. The Bertz CT molecular complexity index is 956. The van der Waals surface area contributed by atoms with Crippen LogP contribution in [-0.2, 0) is 16.1 Å². The minimum absolute atomic E-state index is 0.146. The molecule has 32 heavy (non-hydrogen) atoms. The molecule has 0 spiro atoms. The highest BCUT2D eigenvalue weighted by Crippen LogP contribution is 2.28. The van der Waals surface area contributed by atoms with Crippen LogP contribution in [0, 0.1) is 5.92 Å². The zero-order valence-electron chi connectivity index (χ0n) is 18.1. The molecule has 0 aromatic heterocycles. The Labute approximate surface area is 212 Å². The van der Waals surface area contributed by atoms with Gasteiger partial charge in [0.05, 0.1) is 4.47 Å². The van der Waals surface area contributed by atoms with Crippen molar-refractivity contribution in [2.45, 2.75) is 39.8 Å². The Morgan fingerprint density at radius 1 is 1.09 bits per heavy atom. The fourth-order valence-electron chi connectivity index (χ4n) is 2.99. The van der Waals surface area contributed by atoms with Crippen molar-refractivity contribution in [1.82, 2.24) is 10.2 Å². The molecule has 0 radical (unpaired) electrons. The fraction of sp³-hybridized carbons (Fsp3) is 0.391. The number of hydrogen-bond donors (Lipinski definition) is 1. The number of amides is 2. The molecular weight excluding hydrogens is 539 g/mol. The molecule has 2 aromatic rings. The minimum Gasteiger partial charge on any atom is -0.483 e. The average molecular weight is 565 g/mol. The summed E-state index contributed by atoms with van der Waals surface area (Å²) in [5, 5.41) is 4.38. The van der Waals surface area contributed by atoms with Crippen LogP contribution in [0.15, 0.2) is 40.9 Å². The molecule has 0 bridgehead atoms. The summed E-state index contributed by atoms with van der Waals surface area (Å²) >= 11 is 21.7. The highest BCUT2D eigenvalue weighted by Gasteiger charge is 2.29. The summed E-state index contributed by atoms with van der Waals surface area (Å²) < 4.78 is 6.34. The summed E-state index contributed by atoms with van der Waals surface area (Å²) in [6, 6.07) is 9.42. The van der Waals surface area contributed by atoms with Crippen LogP contribution < -0.4 is 10.1 Å². The molecule has 5 nitrogen and oxygen atoms in total. The van der Waals surface area contributed by atoms with Crippen molar-refractivity contribution in [1.29, 1.82) is 0 Å². The topological polar surface area (TPSA) is 58.6 Å². The van der Waals surface area contributed by atoms with Crippen LogP contribution in [0.4, 0.5) is 0 Å². The molecule has 0 aliphatic rings. The lowest BCUT2D eigenvalue weighted by atomic mass is 10.1. The summed E-state index contributed by atoms with van der Waals surface area (Å²) in [5.74, 6) is 0.207. The van der Waals surface area contributed by atoms with Crippen molar-refractivity contribution in [2.24, 2.45) is 5.92 Å². The zero-order chi connectivity index (χ0) is 23.8. The van der Waals surface area contributed by atoms with Gasteiger partial charge >= 0.3 is 0 Å². The molecule has 2 amide bonds. The molecule has 1 atom stereocenters. The van der Waals surface area contributed by atoms with Crippen molar-refractivity contribution < 1.29 is 14.3 Å². The third-order valence-corrected chi connectivity index (χ3v) is 6.11. The highest BCUT2D eigenvalue weighted by molar-refractivity contribution is 9.10. The van der Waals surface area contributed by atoms with E-state index in [4.69, 9.17) is 39.5 Å². The van der Waals surface area contributed by atoms with Gasteiger partial charge in [-0.2, -0.15) is 0 Å². The Morgan fingerprint density at radius 2 is 1.75 bits per heavy atom. The Kier molecular flexibility index (Phi) is 10.6. The lowest BCUT2D eigenvalue weighted by Gasteiger charge is -2.31. The van der Waals surface area contributed by atoms with Gasteiger partial charge in [0.2, 0.25) is 5.91 Å². The van der Waals surface area contributed by atoms with Crippen molar-refractivity contribution in [3.63, 3.8) is 0 Å². The van der Waals surface area contributed by atoms with Crippen molar-refractivity contribution >= 4 is 62.5 Å². The average Bonchev–Trinajstić information content (AvgIpc) is 2.72. The quantitative estimate of drug-likeness (QED) is 0.365. The fourth-order valence-corrected chi connectivity index (χ4v) is 4.26. The number of nitrogens with zero attached hydrogens (tertiary/aromatic N) is 1. The monoisotopic (exact) mass is 562 g/mol. The molecule has 174 valence electrons. The number of benzene rings is 2. The first-order valence-corrected chi connectivity index (χ1v) is 12.1. The van der Waals surface area contributed by atoms with E-state index in [-0.39, 0.29) is 30.9 Å². The van der Waals surface area contributed by atoms with Crippen LogP contribution in [0.1, 0.15) is 32.8 Å². The van der Waals surface area contributed by atoms with Crippen LogP contribution in [0.3, 0.4) is 0 Å².